The van der Waals surface area contributed by atoms with Crippen LogP contribution in [-0.2, 0) is 13.6 Å². The molecule has 1 aromatic heterocycles. The molecule has 1 aliphatic heterocycles. The molecule has 0 spiro atoms. The van der Waals surface area contributed by atoms with E-state index in [0.29, 0.717) is 12.2 Å². The third kappa shape index (κ3) is 7.05. The number of nitrogens with zero attached hydrogens (tertiary/aromatic N) is 5. The number of hydrogen-bond acceptors (Lipinski definition) is 4. The third-order valence-electron chi connectivity index (χ3n) is 5.59. The van der Waals surface area contributed by atoms with E-state index in [1.165, 1.54) is 0 Å². The minimum Gasteiger partial charge on any atom is -0.367 e. The maximum atomic E-state index is 14.4. The Hall–Kier alpha value is -1.91. The number of guanidine groups is 1. The Kier molecular flexibility index (Phi) is 9.98. The van der Waals surface area contributed by atoms with E-state index in [0.717, 1.165) is 68.5 Å². The number of piperidine rings is 1. The molecule has 1 fully saturated rings. The quantitative estimate of drug-likeness (QED) is 0.241. The first-order valence-electron chi connectivity index (χ1n) is 10.9. The van der Waals surface area contributed by atoms with Crippen LogP contribution in [0.3, 0.4) is 0 Å². The lowest BCUT2D eigenvalue weighted by atomic mass is 10.0. The lowest BCUT2D eigenvalue weighted by Crippen LogP contribution is -2.51. The van der Waals surface area contributed by atoms with Crippen molar-refractivity contribution >= 4 is 35.6 Å². The highest BCUT2D eigenvalue weighted by molar-refractivity contribution is 14.0. The smallest absolute Gasteiger partial charge is 0.191 e. The van der Waals surface area contributed by atoms with Crippen molar-refractivity contribution in [3.05, 3.63) is 41.2 Å². The predicted octanol–water partition coefficient (Wildman–Crippen LogP) is 3.69. The van der Waals surface area contributed by atoms with Crippen LogP contribution in [-0.4, -0.2) is 46.4 Å². The second kappa shape index (κ2) is 12.2. The van der Waals surface area contributed by atoms with Crippen LogP contribution in [0.4, 0.5) is 10.1 Å². The van der Waals surface area contributed by atoms with E-state index in [1.807, 2.05) is 37.6 Å². The number of nitrogens with one attached hydrogen (secondary N) is 2. The summed E-state index contributed by atoms with van der Waals surface area (Å²) in [5, 5.41) is 15.3. The van der Waals surface area contributed by atoms with Crippen molar-refractivity contribution in [2.24, 2.45) is 12.0 Å². The van der Waals surface area contributed by atoms with Crippen molar-refractivity contribution in [1.82, 2.24) is 25.4 Å². The number of aromatic nitrogens is 3. The fourth-order valence-electron chi connectivity index (χ4n) is 3.65. The summed E-state index contributed by atoms with van der Waals surface area (Å²) in [6, 6.07) is 5.51. The third-order valence-corrected chi connectivity index (χ3v) is 5.59. The van der Waals surface area contributed by atoms with Gasteiger partial charge in [0.2, 0.25) is 0 Å². The zero-order valence-corrected chi connectivity index (χ0v) is 21.3. The Labute approximate surface area is 201 Å². The van der Waals surface area contributed by atoms with Gasteiger partial charge in [0.15, 0.2) is 11.8 Å². The van der Waals surface area contributed by atoms with Crippen molar-refractivity contribution in [3.63, 3.8) is 0 Å². The molecule has 1 atom stereocenters. The molecule has 2 aromatic rings. The van der Waals surface area contributed by atoms with Crippen LogP contribution in [0.5, 0.6) is 0 Å². The first-order chi connectivity index (χ1) is 14.5. The van der Waals surface area contributed by atoms with Crippen LogP contribution in [0.15, 0.2) is 23.2 Å². The van der Waals surface area contributed by atoms with E-state index in [1.54, 1.807) is 6.07 Å². The summed E-state index contributed by atoms with van der Waals surface area (Å²) in [4.78, 5) is 6.88. The fraction of sp³-hybridized carbons (Fsp3) is 0.591. The maximum Gasteiger partial charge on any atom is 0.191 e. The second-order valence-electron chi connectivity index (χ2n) is 8.05. The molecule has 1 saturated heterocycles. The van der Waals surface area contributed by atoms with Crippen molar-refractivity contribution in [2.75, 3.05) is 24.5 Å². The molecule has 2 N–H and O–H groups in total. The summed E-state index contributed by atoms with van der Waals surface area (Å²) in [6.07, 6.45) is 4.24. The second-order valence-corrected chi connectivity index (χ2v) is 8.05. The molecular weight excluding hydrogens is 508 g/mol. The van der Waals surface area contributed by atoms with Crippen LogP contribution in [0.1, 0.15) is 49.8 Å². The average molecular weight is 543 g/mol. The summed E-state index contributed by atoms with van der Waals surface area (Å²) >= 11 is 0. The van der Waals surface area contributed by atoms with Crippen molar-refractivity contribution in [3.8, 4) is 0 Å². The molecule has 9 heteroatoms. The first kappa shape index (κ1) is 25.4. The van der Waals surface area contributed by atoms with Crippen LogP contribution in [0, 0.1) is 19.7 Å². The highest BCUT2D eigenvalue weighted by Crippen LogP contribution is 2.24. The van der Waals surface area contributed by atoms with E-state index >= 15 is 0 Å². The van der Waals surface area contributed by atoms with Gasteiger partial charge in [-0.3, -0.25) is 0 Å². The highest BCUT2D eigenvalue weighted by atomic mass is 127. The van der Waals surface area contributed by atoms with E-state index in [9.17, 15) is 4.39 Å². The predicted molar refractivity (Wildman–Crippen MR) is 135 cm³/mol. The summed E-state index contributed by atoms with van der Waals surface area (Å²) in [6.45, 7) is 9.04. The van der Waals surface area contributed by atoms with Gasteiger partial charge in [0.05, 0.1) is 5.69 Å². The fourth-order valence-corrected chi connectivity index (χ4v) is 3.65. The van der Waals surface area contributed by atoms with Gasteiger partial charge in [-0.15, -0.1) is 34.2 Å². The van der Waals surface area contributed by atoms with Gasteiger partial charge in [0, 0.05) is 32.7 Å². The van der Waals surface area contributed by atoms with Gasteiger partial charge < -0.3 is 20.1 Å². The Balaban J connectivity index is 0.00000341. The van der Waals surface area contributed by atoms with Gasteiger partial charge in [0.1, 0.15) is 18.2 Å². The standard InChI is InChI=1S/C22H34FN7.HI/c1-5-6-11-24-22(25-14-21-28-27-17(3)29(21)4)26-18-8-7-12-30(15-18)20-13-16(2)9-10-19(20)23;/h9-10,13,18H,5-8,11-12,14-15H2,1-4H3,(H2,24,25,26);1H. The molecule has 31 heavy (non-hydrogen) atoms. The maximum absolute atomic E-state index is 14.4. The first-order valence-corrected chi connectivity index (χ1v) is 10.9. The van der Waals surface area contributed by atoms with E-state index in [4.69, 9.17) is 4.99 Å². The zero-order valence-electron chi connectivity index (χ0n) is 19.0. The Bertz CT molecular complexity index is 868. The molecule has 0 radical (unpaired) electrons. The Morgan fingerprint density at radius 1 is 1.29 bits per heavy atom. The van der Waals surface area contributed by atoms with Crippen molar-refractivity contribution in [1.29, 1.82) is 0 Å². The molecular formula is C22H35FIN7. The van der Waals surface area contributed by atoms with Gasteiger partial charge in [-0.25, -0.2) is 9.38 Å². The van der Waals surface area contributed by atoms with Gasteiger partial charge in [0.25, 0.3) is 0 Å². The Morgan fingerprint density at radius 2 is 2.10 bits per heavy atom. The molecule has 0 amide bonds. The highest BCUT2D eigenvalue weighted by Gasteiger charge is 2.23. The zero-order chi connectivity index (χ0) is 21.5. The summed E-state index contributed by atoms with van der Waals surface area (Å²) in [7, 11) is 1.95. The number of hydrogen-bond donors (Lipinski definition) is 2. The molecule has 1 unspecified atom stereocenters. The summed E-state index contributed by atoms with van der Waals surface area (Å²) < 4.78 is 16.3. The van der Waals surface area contributed by atoms with Crippen LogP contribution in [0.25, 0.3) is 0 Å². The molecule has 1 aliphatic rings. The van der Waals surface area contributed by atoms with E-state index in [2.05, 4.69) is 32.7 Å². The van der Waals surface area contributed by atoms with Crippen molar-refractivity contribution in [2.45, 2.75) is 59.0 Å². The number of benzene rings is 1. The minimum atomic E-state index is -0.158. The van der Waals surface area contributed by atoms with Gasteiger partial charge >= 0.3 is 0 Å². The number of anilines is 1. The molecule has 0 bridgehead atoms. The topological polar surface area (TPSA) is 70.4 Å². The number of aliphatic imine (C=N–C) groups is 1. The number of halogens is 2. The minimum absolute atomic E-state index is 0. The lowest BCUT2D eigenvalue weighted by molar-refractivity contribution is 0.462. The number of rotatable bonds is 7. The number of unbranched alkanes of at least 4 members (excludes halogenated alkanes) is 1. The largest absolute Gasteiger partial charge is 0.367 e. The Morgan fingerprint density at radius 3 is 2.81 bits per heavy atom. The molecule has 0 saturated carbocycles. The van der Waals surface area contributed by atoms with Crippen LogP contribution >= 0.6 is 24.0 Å². The van der Waals surface area contributed by atoms with Gasteiger partial charge in [-0.05, 0) is 50.8 Å². The summed E-state index contributed by atoms with van der Waals surface area (Å²) in [5.74, 6) is 2.32. The van der Waals surface area contributed by atoms with Crippen molar-refractivity contribution < 1.29 is 4.39 Å². The number of aryl methyl sites for hydroxylation is 2. The monoisotopic (exact) mass is 543 g/mol. The van der Waals surface area contributed by atoms with Crippen LogP contribution in [0.2, 0.25) is 0 Å². The normalized spacial score (nSPS) is 16.7. The van der Waals surface area contributed by atoms with Gasteiger partial charge in [-0.2, -0.15) is 0 Å². The van der Waals surface area contributed by atoms with E-state index in [-0.39, 0.29) is 35.8 Å². The van der Waals surface area contributed by atoms with Gasteiger partial charge in [-0.1, -0.05) is 19.4 Å². The molecule has 2 heterocycles. The molecule has 0 aliphatic carbocycles. The average Bonchev–Trinajstić information content (AvgIpc) is 3.06. The summed E-state index contributed by atoms with van der Waals surface area (Å²) in [5.41, 5.74) is 1.76. The lowest BCUT2D eigenvalue weighted by Gasteiger charge is -2.35. The molecule has 172 valence electrons. The van der Waals surface area contributed by atoms with Crippen LogP contribution < -0.4 is 15.5 Å². The molecule has 3 rings (SSSR count). The molecule has 7 nitrogen and oxygen atoms in total. The SMILES string of the molecule is CCCCNC(=NCc1nnc(C)n1C)NC1CCCN(c2cc(C)ccc2F)C1.I. The van der Waals surface area contributed by atoms with E-state index < -0.39 is 0 Å². The molecule has 1 aromatic carbocycles.